The molecule has 1 aliphatic rings. The maximum atomic E-state index is 10.6. The van der Waals surface area contributed by atoms with E-state index < -0.39 is 5.97 Å². The molecule has 0 aromatic carbocycles. The molecule has 1 rings (SSSR count). The SMILES string of the molecule is CN1CC[C@H](N)[C@@H](C(=O)O)C1. The van der Waals surface area contributed by atoms with E-state index in [1.54, 1.807) is 0 Å². The van der Waals surface area contributed by atoms with Gasteiger partial charge in [0.15, 0.2) is 0 Å². The molecule has 3 N–H and O–H groups in total. The fraction of sp³-hybridized carbons (Fsp3) is 0.857. The number of carboxylic acids is 1. The number of aliphatic carboxylic acids is 1. The molecule has 0 bridgehead atoms. The van der Waals surface area contributed by atoms with Crippen LogP contribution in [0.2, 0.25) is 0 Å². The fourth-order valence-electron chi connectivity index (χ4n) is 1.39. The zero-order valence-corrected chi connectivity index (χ0v) is 6.66. The van der Waals surface area contributed by atoms with Gasteiger partial charge >= 0.3 is 5.97 Å². The molecule has 64 valence electrons. The highest BCUT2D eigenvalue weighted by molar-refractivity contribution is 5.71. The van der Waals surface area contributed by atoms with Crippen LogP contribution in [0.3, 0.4) is 0 Å². The van der Waals surface area contributed by atoms with Gasteiger partial charge < -0.3 is 15.7 Å². The van der Waals surface area contributed by atoms with Crippen molar-refractivity contribution in [3.05, 3.63) is 0 Å². The molecule has 0 spiro atoms. The van der Waals surface area contributed by atoms with E-state index in [2.05, 4.69) is 0 Å². The Morgan fingerprint density at radius 3 is 2.82 bits per heavy atom. The molecular formula is C7H14N2O2. The minimum atomic E-state index is -0.774. The van der Waals surface area contributed by atoms with Crippen LogP contribution in [0.5, 0.6) is 0 Å². The van der Waals surface area contributed by atoms with Gasteiger partial charge in [0.25, 0.3) is 0 Å². The van der Waals surface area contributed by atoms with E-state index in [0.717, 1.165) is 13.0 Å². The van der Waals surface area contributed by atoms with Crippen molar-refractivity contribution in [2.45, 2.75) is 12.5 Å². The van der Waals surface area contributed by atoms with Gasteiger partial charge in [-0.2, -0.15) is 0 Å². The van der Waals surface area contributed by atoms with E-state index >= 15 is 0 Å². The maximum absolute atomic E-state index is 10.6. The van der Waals surface area contributed by atoms with Crippen LogP contribution in [0.25, 0.3) is 0 Å². The average molecular weight is 158 g/mol. The molecule has 0 aromatic rings. The molecular weight excluding hydrogens is 144 g/mol. The van der Waals surface area contributed by atoms with Gasteiger partial charge in [-0.05, 0) is 20.0 Å². The minimum absolute atomic E-state index is 0.163. The normalized spacial score (nSPS) is 33.6. The lowest BCUT2D eigenvalue weighted by Crippen LogP contribution is -2.48. The molecule has 1 heterocycles. The number of piperidine rings is 1. The summed E-state index contributed by atoms with van der Waals surface area (Å²) in [5.74, 6) is -1.15. The third-order valence-electron chi connectivity index (χ3n) is 2.19. The largest absolute Gasteiger partial charge is 0.481 e. The Balaban J connectivity index is 2.54. The Kier molecular flexibility index (Phi) is 2.46. The summed E-state index contributed by atoms with van der Waals surface area (Å²) < 4.78 is 0. The Bertz CT molecular complexity index is 161. The topological polar surface area (TPSA) is 66.6 Å². The van der Waals surface area contributed by atoms with E-state index in [4.69, 9.17) is 10.8 Å². The summed E-state index contributed by atoms with van der Waals surface area (Å²) in [4.78, 5) is 12.6. The molecule has 0 radical (unpaired) electrons. The predicted octanol–water partition coefficient (Wildman–Crippen LogP) is -0.650. The second-order valence-corrected chi connectivity index (χ2v) is 3.16. The Morgan fingerprint density at radius 2 is 2.36 bits per heavy atom. The highest BCUT2D eigenvalue weighted by atomic mass is 16.4. The predicted molar refractivity (Wildman–Crippen MR) is 41.2 cm³/mol. The number of nitrogens with zero attached hydrogens (tertiary/aromatic N) is 1. The van der Waals surface area contributed by atoms with Crippen molar-refractivity contribution in [1.29, 1.82) is 0 Å². The van der Waals surface area contributed by atoms with E-state index in [9.17, 15) is 4.79 Å². The Hall–Kier alpha value is -0.610. The van der Waals surface area contributed by atoms with Gasteiger partial charge in [-0.15, -0.1) is 0 Å². The first-order valence-electron chi connectivity index (χ1n) is 3.78. The third-order valence-corrected chi connectivity index (χ3v) is 2.19. The van der Waals surface area contributed by atoms with Gasteiger partial charge in [0.05, 0.1) is 5.92 Å². The van der Waals surface area contributed by atoms with Crippen LogP contribution in [0.15, 0.2) is 0 Å². The van der Waals surface area contributed by atoms with Crippen molar-refractivity contribution >= 4 is 5.97 Å². The van der Waals surface area contributed by atoms with Crippen LogP contribution in [0.1, 0.15) is 6.42 Å². The first-order chi connectivity index (χ1) is 5.11. The molecule has 0 saturated carbocycles. The van der Waals surface area contributed by atoms with Crippen molar-refractivity contribution < 1.29 is 9.90 Å². The second kappa shape index (κ2) is 3.19. The van der Waals surface area contributed by atoms with Gasteiger partial charge in [-0.25, -0.2) is 0 Å². The van der Waals surface area contributed by atoms with Gasteiger partial charge in [0, 0.05) is 12.6 Å². The van der Waals surface area contributed by atoms with Crippen LogP contribution in [-0.4, -0.2) is 42.2 Å². The zero-order chi connectivity index (χ0) is 8.43. The number of likely N-dealkylation sites (tertiary alicyclic amines) is 1. The second-order valence-electron chi connectivity index (χ2n) is 3.16. The average Bonchev–Trinajstić information content (AvgIpc) is 1.94. The number of carbonyl (C=O) groups is 1. The van der Waals surface area contributed by atoms with Gasteiger partial charge in [0.2, 0.25) is 0 Å². The molecule has 0 amide bonds. The van der Waals surface area contributed by atoms with Crippen LogP contribution >= 0.6 is 0 Å². The lowest BCUT2D eigenvalue weighted by molar-refractivity contribution is -0.144. The van der Waals surface area contributed by atoms with Crippen molar-refractivity contribution in [1.82, 2.24) is 4.90 Å². The summed E-state index contributed by atoms with van der Waals surface area (Å²) in [6.07, 6.45) is 0.785. The first-order valence-corrected chi connectivity index (χ1v) is 3.78. The van der Waals surface area contributed by atoms with E-state index in [-0.39, 0.29) is 12.0 Å². The van der Waals surface area contributed by atoms with Gasteiger partial charge in [-0.1, -0.05) is 0 Å². The van der Waals surface area contributed by atoms with Gasteiger partial charge in [-0.3, -0.25) is 4.79 Å². The molecule has 0 aromatic heterocycles. The Labute approximate surface area is 66.0 Å². The van der Waals surface area contributed by atoms with Crippen molar-refractivity contribution in [3.8, 4) is 0 Å². The third kappa shape index (κ3) is 1.91. The Morgan fingerprint density at radius 1 is 1.73 bits per heavy atom. The molecule has 2 atom stereocenters. The molecule has 4 heteroatoms. The van der Waals surface area contributed by atoms with Crippen molar-refractivity contribution in [2.24, 2.45) is 11.7 Å². The van der Waals surface area contributed by atoms with Crippen LogP contribution in [0.4, 0.5) is 0 Å². The number of rotatable bonds is 1. The van der Waals surface area contributed by atoms with E-state index in [0.29, 0.717) is 6.54 Å². The summed E-state index contributed by atoms with van der Waals surface area (Å²) in [5, 5.41) is 8.72. The molecule has 1 aliphatic heterocycles. The number of hydrogen-bond acceptors (Lipinski definition) is 3. The highest BCUT2D eigenvalue weighted by Crippen LogP contribution is 2.13. The minimum Gasteiger partial charge on any atom is -0.481 e. The summed E-state index contributed by atoms with van der Waals surface area (Å²) in [6.45, 7) is 1.49. The summed E-state index contributed by atoms with van der Waals surface area (Å²) in [7, 11) is 1.92. The summed E-state index contributed by atoms with van der Waals surface area (Å²) in [5.41, 5.74) is 5.63. The molecule has 0 aliphatic carbocycles. The number of carboxylic acid groups (broad SMARTS) is 1. The molecule has 4 nitrogen and oxygen atoms in total. The summed E-state index contributed by atoms with van der Waals surface area (Å²) in [6, 6.07) is -0.163. The smallest absolute Gasteiger partial charge is 0.309 e. The highest BCUT2D eigenvalue weighted by Gasteiger charge is 2.30. The zero-order valence-electron chi connectivity index (χ0n) is 6.66. The maximum Gasteiger partial charge on any atom is 0.309 e. The monoisotopic (exact) mass is 158 g/mol. The van der Waals surface area contributed by atoms with Gasteiger partial charge in [0.1, 0.15) is 0 Å². The van der Waals surface area contributed by atoms with Crippen molar-refractivity contribution in [3.63, 3.8) is 0 Å². The molecule has 11 heavy (non-hydrogen) atoms. The quantitative estimate of drug-likeness (QED) is 0.532. The standard InChI is InChI=1S/C7H14N2O2/c1-9-3-2-6(8)5(4-9)7(10)11/h5-6H,2-4,8H2,1H3,(H,10,11)/t5-,6-/m0/s1. The number of nitrogens with two attached hydrogens (primary N) is 1. The lowest BCUT2D eigenvalue weighted by atomic mass is 9.93. The molecule has 1 fully saturated rings. The molecule has 1 saturated heterocycles. The lowest BCUT2D eigenvalue weighted by Gasteiger charge is -2.31. The first kappa shape index (κ1) is 8.49. The fourth-order valence-corrected chi connectivity index (χ4v) is 1.39. The van der Waals surface area contributed by atoms with Crippen LogP contribution in [-0.2, 0) is 4.79 Å². The van der Waals surface area contributed by atoms with E-state index in [1.807, 2.05) is 11.9 Å². The summed E-state index contributed by atoms with van der Waals surface area (Å²) >= 11 is 0. The van der Waals surface area contributed by atoms with Crippen molar-refractivity contribution in [2.75, 3.05) is 20.1 Å². The van der Waals surface area contributed by atoms with Crippen LogP contribution in [0, 0.1) is 5.92 Å². The number of hydrogen-bond donors (Lipinski definition) is 2. The van der Waals surface area contributed by atoms with Crippen LogP contribution < -0.4 is 5.73 Å². The van der Waals surface area contributed by atoms with E-state index in [1.165, 1.54) is 0 Å². The molecule has 0 unspecified atom stereocenters.